The third kappa shape index (κ3) is 2.45. The van der Waals surface area contributed by atoms with Crippen molar-refractivity contribution < 1.29 is 14.7 Å². The molecule has 0 saturated heterocycles. The normalized spacial score (nSPS) is 15.2. The van der Waals surface area contributed by atoms with Gasteiger partial charge in [0.1, 0.15) is 6.04 Å². The van der Waals surface area contributed by atoms with Gasteiger partial charge in [-0.2, -0.15) is 0 Å². The number of hydrogen-bond donors (Lipinski definition) is 3. The summed E-state index contributed by atoms with van der Waals surface area (Å²) < 4.78 is 0. The number of carboxylic acid groups (broad SMARTS) is 1. The second kappa shape index (κ2) is 4.55. The van der Waals surface area contributed by atoms with Crippen LogP contribution >= 0.6 is 0 Å². The molecule has 0 aliphatic carbocycles. The predicted octanol–water partition coefficient (Wildman–Crippen LogP) is 0.396. The molecule has 1 aromatic rings. The molecule has 5 heteroatoms. The molecule has 1 aliphatic rings. The first kappa shape index (κ1) is 11.6. The van der Waals surface area contributed by atoms with Crippen LogP contribution in [0.4, 0.5) is 5.69 Å². The summed E-state index contributed by atoms with van der Waals surface area (Å²) in [4.78, 5) is 22.1. The van der Waals surface area contributed by atoms with Crippen molar-refractivity contribution in [3.63, 3.8) is 0 Å². The summed E-state index contributed by atoms with van der Waals surface area (Å²) in [7, 11) is 1.62. The summed E-state index contributed by atoms with van der Waals surface area (Å²) in [6.45, 7) is 0. The van der Waals surface area contributed by atoms with Gasteiger partial charge in [-0.25, -0.2) is 0 Å². The molecule has 3 N–H and O–H groups in total. The van der Waals surface area contributed by atoms with Crippen molar-refractivity contribution in [2.45, 2.75) is 18.9 Å². The van der Waals surface area contributed by atoms with Gasteiger partial charge in [0.2, 0.25) is 5.91 Å². The third-order valence-electron chi connectivity index (χ3n) is 2.88. The zero-order valence-corrected chi connectivity index (χ0v) is 9.49. The maximum absolute atomic E-state index is 11.2. The van der Waals surface area contributed by atoms with Gasteiger partial charge < -0.3 is 15.7 Å². The number of amides is 1. The molecule has 1 heterocycles. The fraction of sp³-hybridized carbons (Fsp3) is 0.333. The second-order valence-electron chi connectivity index (χ2n) is 4.10. The van der Waals surface area contributed by atoms with Crippen molar-refractivity contribution in [3.05, 3.63) is 29.3 Å². The van der Waals surface area contributed by atoms with Crippen LogP contribution in [0.2, 0.25) is 0 Å². The van der Waals surface area contributed by atoms with Crippen LogP contribution in [0.15, 0.2) is 18.2 Å². The van der Waals surface area contributed by atoms with Gasteiger partial charge in [0.05, 0.1) is 6.42 Å². The smallest absolute Gasteiger partial charge is 0.321 e. The van der Waals surface area contributed by atoms with Crippen LogP contribution in [0, 0.1) is 0 Å². The molecule has 1 aliphatic heterocycles. The Bertz CT molecular complexity index is 471. The average molecular weight is 234 g/mol. The van der Waals surface area contributed by atoms with Crippen LogP contribution in [0.25, 0.3) is 0 Å². The maximum atomic E-state index is 11.2. The number of aliphatic carboxylic acids is 1. The van der Waals surface area contributed by atoms with Gasteiger partial charge in [0, 0.05) is 5.69 Å². The Morgan fingerprint density at radius 3 is 3.00 bits per heavy atom. The first-order chi connectivity index (χ1) is 8.10. The molecule has 0 aromatic heterocycles. The second-order valence-corrected chi connectivity index (χ2v) is 4.10. The molecule has 2 rings (SSSR count). The molecule has 0 unspecified atom stereocenters. The zero-order valence-electron chi connectivity index (χ0n) is 9.49. The largest absolute Gasteiger partial charge is 0.480 e. The maximum Gasteiger partial charge on any atom is 0.321 e. The fourth-order valence-electron chi connectivity index (χ4n) is 1.96. The Morgan fingerprint density at radius 2 is 2.35 bits per heavy atom. The van der Waals surface area contributed by atoms with Crippen molar-refractivity contribution in [1.82, 2.24) is 5.32 Å². The molecule has 0 fully saturated rings. The van der Waals surface area contributed by atoms with Crippen molar-refractivity contribution in [1.29, 1.82) is 0 Å². The highest BCUT2D eigenvalue weighted by molar-refractivity contribution is 5.99. The molecular weight excluding hydrogens is 220 g/mol. The summed E-state index contributed by atoms with van der Waals surface area (Å²) in [6.07, 6.45) is 0.785. The number of benzene rings is 1. The van der Waals surface area contributed by atoms with Crippen LogP contribution in [-0.4, -0.2) is 30.1 Å². The van der Waals surface area contributed by atoms with E-state index in [0.717, 1.165) is 16.8 Å². The van der Waals surface area contributed by atoms with E-state index in [2.05, 4.69) is 10.6 Å². The van der Waals surface area contributed by atoms with Gasteiger partial charge >= 0.3 is 5.97 Å². The number of nitrogens with one attached hydrogen (secondary N) is 2. The van der Waals surface area contributed by atoms with Crippen molar-refractivity contribution >= 4 is 17.6 Å². The molecule has 1 atom stereocenters. The highest BCUT2D eigenvalue weighted by Gasteiger charge is 2.20. The lowest BCUT2D eigenvalue weighted by Gasteiger charge is -2.11. The standard InChI is InChI=1S/C12H14N2O3/c1-13-10(12(16)17)5-7-2-3-9-8(4-7)6-11(15)14-9/h2-4,10,13H,5-6H2,1H3,(H,14,15)(H,16,17)/t10-/m0/s1. The van der Waals surface area contributed by atoms with Gasteiger partial charge in [-0.1, -0.05) is 12.1 Å². The number of likely N-dealkylation sites (N-methyl/N-ethyl adjacent to an activating group) is 1. The molecular formula is C12H14N2O3. The van der Waals surface area contributed by atoms with Crippen molar-refractivity contribution in [2.75, 3.05) is 12.4 Å². The number of fused-ring (bicyclic) bond motifs is 1. The molecule has 0 radical (unpaired) electrons. The monoisotopic (exact) mass is 234 g/mol. The van der Waals surface area contributed by atoms with E-state index in [1.165, 1.54) is 0 Å². The highest BCUT2D eigenvalue weighted by atomic mass is 16.4. The topological polar surface area (TPSA) is 78.4 Å². The third-order valence-corrected chi connectivity index (χ3v) is 2.88. The van der Waals surface area contributed by atoms with E-state index in [1.54, 1.807) is 7.05 Å². The number of carboxylic acids is 1. The first-order valence-electron chi connectivity index (χ1n) is 5.42. The van der Waals surface area contributed by atoms with Crippen LogP contribution < -0.4 is 10.6 Å². The lowest BCUT2D eigenvalue weighted by atomic mass is 10.0. The van der Waals surface area contributed by atoms with Crippen LogP contribution in [0.5, 0.6) is 0 Å². The van der Waals surface area contributed by atoms with Crippen molar-refractivity contribution in [3.8, 4) is 0 Å². The highest BCUT2D eigenvalue weighted by Crippen LogP contribution is 2.24. The molecule has 1 aromatic carbocycles. The van der Waals surface area contributed by atoms with Gasteiger partial charge in [-0.05, 0) is 30.7 Å². The van der Waals surface area contributed by atoms with E-state index >= 15 is 0 Å². The lowest BCUT2D eigenvalue weighted by molar-refractivity contribution is -0.139. The summed E-state index contributed by atoms with van der Waals surface area (Å²) in [5.74, 6) is -0.886. The number of anilines is 1. The van der Waals surface area contributed by atoms with E-state index in [9.17, 15) is 9.59 Å². The van der Waals surface area contributed by atoms with Crippen LogP contribution in [0.3, 0.4) is 0 Å². The Hall–Kier alpha value is -1.88. The van der Waals surface area contributed by atoms with E-state index < -0.39 is 12.0 Å². The average Bonchev–Trinajstić information content (AvgIpc) is 2.64. The minimum Gasteiger partial charge on any atom is -0.480 e. The lowest BCUT2D eigenvalue weighted by Crippen LogP contribution is -2.35. The van der Waals surface area contributed by atoms with E-state index in [4.69, 9.17) is 5.11 Å². The minimum absolute atomic E-state index is 0.0134. The van der Waals surface area contributed by atoms with Crippen LogP contribution in [-0.2, 0) is 22.4 Å². The van der Waals surface area contributed by atoms with Crippen LogP contribution in [0.1, 0.15) is 11.1 Å². The van der Waals surface area contributed by atoms with E-state index in [1.807, 2.05) is 18.2 Å². The quantitative estimate of drug-likeness (QED) is 0.704. The number of carbonyl (C=O) groups is 2. The number of carbonyl (C=O) groups excluding carboxylic acids is 1. The molecule has 0 saturated carbocycles. The van der Waals surface area contributed by atoms with Crippen molar-refractivity contribution in [2.24, 2.45) is 0 Å². The Labute approximate surface area is 98.8 Å². The Morgan fingerprint density at radius 1 is 1.59 bits per heavy atom. The fourth-order valence-corrected chi connectivity index (χ4v) is 1.96. The zero-order chi connectivity index (χ0) is 12.4. The SMILES string of the molecule is CN[C@@H](Cc1ccc2c(c1)CC(=O)N2)C(=O)O. The molecule has 5 nitrogen and oxygen atoms in total. The van der Waals surface area contributed by atoms with Gasteiger partial charge in [-0.3, -0.25) is 9.59 Å². The molecule has 1 amide bonds. The Balaban J connectivity index is 2.16. The van der Waals surface area contributed by atoms with Gasteiger partial charge in [-0.15, -0.1) is 0 Å². The van der Waals surface area contributed by atoms with Gasteiger partial charge in [0.15, 0.2) is 0 Å². The van der Waals surface area contributed by atoms with Gasteiger partial charge in [0.25, 0.3) is 0 Å². The minimum atomic E-state index is -0.873. The van der Waals surface area contributed by atoms with E-state index in [-0.39, 0.29) is 5.91 Å². The summed E-state index contributed by atoms with van der Waals surface area (Å²) in [5.41, 5.74) is 2.69. The summed E-state index contributed by atoms with van der Waals surface area (Å²) in [6, 6.07) is 4.96. The molecule has 0 bridgehead atoms. The molecule has 90 valence electrons. The molecule has 0 spiro atoms. The predicted molar refractivity (Wildman–Crippen MR) is 63.0 cm³/mol. The number of rotatable bonds is 4. The number of hydrogen-bond acceptors (Lipinski definition) is 3. The first-order valence-corrected chi connectivity index (χ1v) is 5.42. The Kier molecular flexibility index (Phi) is 3.10. The molecule has 17 heavy (non-hydrogen) atoms. The summed E-state index contributed by atoms with van der Waals surface area (Å²) in [5, 5.41) is 14.4. The summed E-state index contributed by atoms with van der Waals surface area (Å²) >= 11 is 0. The van der Waals surface area contributed by atoms with E-state index in [0.29, 0.717) is 12.8 Å².